The van der Waals surface area contributed by atoms with E-state index in [0.717, 1.165) is 0 Å². The summed E-state index contributed by atoms with van der Waals surface area (Å²) in [6.07, 6.45) is 1.28. The van der Waals surface area contributed by atoms with Gasteiger partial charge in [-0.05, 0) is 13.8 Å². The molecule has 5 heteroatoms. The summed E-state index contributed by atoms with van der Waals surface area (Å²) in [6.45, 7) is 3.78. The molecule has 2 N–H and O–H groups in total. The molecule has 0 saturated heterocycles. The van der Waals surface area contributed by atoms with Crippen LogP contribution in [0.3, 0.4) is 0 Å². The number of hydrogen-bond acceptors (Lipinski definition) is 4. The highest BCUT2D eigenvalue weighted by Gasteiger charge is 2.11. The summed E-state index contributed by atoms with van der Waals surface area (Å²) in [5.74, 6) is 5.24. The largest absolute Gasteiger partial charge is 0.477 e. The maximum absolute atomic E-state index is 10.8. The molecule has 0 radical (unpaired) electrons. The van der Waals surface area contributed by atoms with Crippen molar-refractivity contribution < 1.29 is 9.90 Å². The third-order valence-corrected chi connectivity index (χ3v) is 1.66. The normalized spacial score (nSPS) is 8.93. The molecule has 0 aromatic carbocycles. The van der Waals surface area contributed by atoms with Crippen molar-refractivity contribution in [2.75, 3.05) is 11.9 Å². The molecule has 1 heterocycles. The summed E-state index contributed by atoms with van der Waals surface area (Å²) in [6, 6.07) is 0. The van der Waals surface area contributed by atoms with E-state index < -0.39 is 5.97 Å². The van der Waals surface area contributed by atoms with Crippen LogP contribution in [-0.4, -0.2) is 27.6 Å². The molecule has 0 atom stereocenters. The number of anilines is 1. The van der Waals surface area contributed by atoms with Crippen LogP contribution in [0.2, 0.25) is 0 Å². The lowest BCUT2D eigenvalue weighted by atomic mass is 10.3. The second-order valence-electron chi connectivity index (χ2n) is 2.76. The highest BCUT2D eigenvalue weighted by Crippen LogP contribution is 2.10. The van der Waals surface area contributed by atoms with Crippen molar-refractivity contribution in [2.24, 2.45) is 0 Å². The third-order valence-electron chi connectivity index (χ3n) is 1.66. The van der Waals surface area contributed by atoms with Crippen LogP contribution in [0.15, 0.2) is 6.20 Å². The van der Waals surface area contributed by atoms with Crippen molar-refractivity contribution in [1.29, 1.82) is 0 Å². The fraction of sp³-hybridized carbons (Fsp3) is 0.300. The number of aromatic carboxylic acids is 1. The van der Waals surface area contributed by atoms with Gasteiger partial charge in [0.1, 0.15) is 17.2 Å². The number of nitrogens with zero attached hydrogens (tertiary/aromatic N) is 2. The summed E-state index contributed by atoms with van der Waals surface area (Å²) in [5, 5.41) is 11.7. The van der Waals surface area contributed by atoms with Crippen LogP contribution >= 0.6 is 0 Å². The maximum atomic E-state index is 10.8. The Morgan fingerprint density at radius 3 is 3.00 bits per heavy atom. The minimum absolute atomic E-state index is 0.0542. The van der Waals surface area contributed by atoms with E-state index in [2.05, 4.69) is 27.1 Å². The van der Waals surface area contributed by atoms with E-state index in [1.165, 1.54) is 6.20 Å². The smallest absolute Gasteiger partial charge is 0.341 e. The molecular formula is C10H11N3O2. The molecule has 0 spiro atoms. The van der Waals surface area contributed by atoms with E-state index >= 15 is 0 Å². The Labute approximate surface area is 87.6 Å². The molecule has 0 aliphatic heterocycles. The van der Waals surface area contributed by atoms with Gasteiger partial charge < -0.3 is 10.4 Å². The lowest BCUT2D eigenvalue weighted by molar-refractivity contribution is 0.0697. The van der Waals surface area contributed by atoms with Gasteiger partial charge in [0.25, 0.3) is 0 Å². The van der Waals surface area contributed by atoms with Gasteiger partial charge in [0.2, 0.25) is 0 Å². The van der Waals surface area contributed by atoms with E-state index in [0.29, 0.717) is 18.2 Å². The van der Waals surface area contributed by atoms with Crippen LogP contribution in [0.5, 0.6) is 0 Å². The summed E-state index contributed by atoms with van der Waals surface area (Å²) in [4.78, 5) is 18.6. The van der Waals surface area contributed by atoms with E-state index in [1.54, 1.807) is 13.8 Å². The van der Waals surface area contributed by atoms with Gasteiger partial charge >= 0.3 is 5.97 Å². The highest BCUT2D eigenvalue weighted by molar-refractivity contribution is 5.92. The molecule has 0 aliphatic carbocycles. The fourth-order valence-corrected chi connectivity index (χ4v) is 0.978. The number of nitrogens with one attached hydrogen (secondary N) is 1. The van der Waals surface area contributed by atoms with Gasteiger partial charge in [0, 0.05) is 6.20 Å². The summed E-state index contributed by atoms with van der Waals surface area (Å²) in [5.41, 5.74) is 0.0542. The van der Waals surface area contributed by atoms with Gasteiger partial charge in [0.05, 0.1) is 6.54 Å². The van der Waals surface area contributed by atoms with Gasteiger partial charge in [-0.2, -0.15) is 0 Å². The zero-order valence-electron chi connectivity index (χ0n) is 8.53. The van der Waals surface area contributed by atoms with Crippen molar-refractivity contribution in [3.63, 3.8) is 0 Å². The zero-order chi connectivity index (χ0) is 11.3. The second kappa shape index (κ2) is 4.96. The quantitative estimate of drug-likeness (QED) is 0.717. The van der Waals surface area contributed by atoms with Crippen molar-refractivity contribution in [3.05, 3.63) is 17.6 Å². The van der Waals surface area contributed by atoms with E-state index in [9.17, 15) is 4.79 Å². The van der Waals surface area contributed by atoms with Crippen LogP contribution in [0.25, 0.3) is 0 Å². The van der Waals surface area contributed by atoms with Crippen molar-refractivity contribution in [2.45, 2.75) is 13.8 Å². The molecule has 1 rings (SSSR count). The first-order valence-corrected chi connectivity index (χ1v) is 4.35. The molecule has 0 saturated carbocycles. The van der Waals surface area contributed by atoms with Crippen LogP contribution < -0.4 is 5.32 Å². The Morgan fingerprint density at radius 2 is 2.40 bits per heavy atom. The lowest BCUT2D eigenvalue weighted by Gasteiger charge is -2.05. The number of aromatic nitrogens is 2. The second-order valence-corrected chi connectivity index (χ2v) is 2.76. The van der Waals surface area contributed by atoms with Crippen LogP contribution in [0, 0.1) is 18.8 Å². The van der Waals surface area contributed by atoms with Crippen molar-refractivity contribution in [3.8, 4) is 11.8 Å². The first-order chi connectivity index (χ1) is 7.15. The Balaban J connectivity index is 2.95. The number of rotatable bonds is 3. The Hall–Kier alpha value is -2.09. The van der Waals surface area contributed by atoms with Gasteiger partial charge in [-0.3, -0.25) is 0 Å². The van der Waals surface area contributed by atoms with Gasteiger partial charge in [-0.15, -0.1) is 5.92 Å². The monoisotopic (exact) mass is 205 g/mol. The van der Waals surface area contributed by atoms with Gasteiger partial charge in [-0.25, -0.2) is 14.8 Å². The number of hydrogen-bond donors (Lipinski definition) is 2. The van der Waals surface area contributed by atoms with Crippen molar-refractivity contribution >= 4 is 11.8 Å². The molecule has 0 fully saturated rings. The van der Waals surface area contributed by atoms with Crippen molar-refractivity contribution in [1.82, 2.24) is 9.97 Å². The average Bonchev–Trinajstić information content (AvgIpc) is 2.18. The zero-order valence-corrected chi connectivity index (χ0v) is 8.53. The van der Waals surface area contributed by atoms with Crippen LogP contribution in [0.1, 0.15) is 23.1 Å². The summed E-state index contributed by atoms with van der Waals surface area (Å²) < 4.78 is 0. The van der Waals surface area contributed by atoms with E-state index in [1.807, 2.05) is 0 Å². The minimum atomic E-state index is -1.05. The van der Waals surface area contributed by atoms with Gasteiger partial charge in [-0.1, -0.05) is 5.92 Å². The molecule has 78 valence electrons. The summed E-state index contributed by atoms with van der Waals surface area (Å²) >= 11 is 0. The van der Waals surface area contributed by atoms with E-state index in [4.69, 9.17) is 5.11 Å². The number of carbonyl (C=O) groups is 1. The lowest BCUT2D eigenvalue weighted by Crippen LogP contribution is -2.10. The number of carboxylic acid groups (broad SMARTS) is 1. The topological polar surface area (TPSA) is 75.1 Å². The van der Waals surface area contributed by atoms with Crippen LogP contribution in [0.4, 0.5) is 5.82 Å². The van der Waals surface area contributed by atoms with E-state index in [-0.39, 0.29) is 5.56 Å². The summed E-state index contributed by atoms with van der Waals surface area (Å²) in [7, 11) is 0. The number of aryl methyl sites for hydroxylation is 1. The standard InChI is InChI=1S/C10H11N3O2/c1-3-4-5-11-9-8(10(14)15)6-12-7(2)13-9/h6H,5H2,1-2H3,(H,14,15)(H,11,12,13). The molecule has 1 aromatic rings. The average molecular weight is 205 g/mol. The highest BCUT2D eigenvalue weighted by atomic mass is 16.4. The number of carboxylic acids is 1. The Kier molecular flexibility index (Phi) is 3.63. The van der Waals surface area contributed by atoms with Gasteiger partial charge in [0.15, 0.2) is 0 Å². The first kappa shape index (κ1) is 11.0. The molecule has 1 aromatic heterocycles. The Bertz CT molecular complexity index is 432. The predicted molar refractivity (Wildman–Crippen MR) is 55.7 cm³/mol. The fourth-order valence-electron chi connectivity index (χ4n) is 0.978. The molecule has 0 aliphatic rings. The minimum Gasteiger partial charge on any atom is -0.477 e. The molecule has 15 heavy (non-hydrogen) atoms. The molecule has 0 amide bonds. The maximum Gasteiger partial charge on any atom is 0.341 e. The molecule has 0 bridgehead atoms. The molecular weight excluding hydrogens is 194 g/mol. The van der Waals surface area contributed by atoms with Crippen LogP contribution in [-0.2, 0) is 0 Å². The predicted octanol–water partition coefficient (Wildman–Crippen LogP) is 0.918. The Morgan fingerprint density at radius 1 is 1.67 bits per heavy atom. The molecule has 5 nitrogen and oxygen atoms in total. The SMILES string of the molecule is CC#CCNc1nc(C)ncc1C(=O)O. The molecule has 0 unspecified atom stereocenters. The first-order valence-electron chi connectivity index (χ1n) is 4.35. The third kappa shape index (κ3) is 2.95.